The second-order valence-corrected chi connectivity index (χ2v) is 3.80. The molecule has 0 atom stereocenters. The lowest BCUT2D eigenvalue weighted by atomic mass is 10.1. The Morgan fingerprint density at radius 3 is 2.50 bits per heavy atom. The Morgan fingerprint density at radius 2 is 2.08 bits per heavy atom. The highest BCUT2D eigenvalue weighted by atomic mass is 15.1. The van der Waals surface area contributed by atoms with Crippen molar-refractivity contribution in [2.75, 3.05) is 26.7 Å². The van der Waals surface area contributed by atoms with Gasteiger partial charge in [-0.2, -0.15) is 0 Å². The molecule has 0 radical (unpaired) electrons. The van der Waals surface area contributed by atoms with Crippen LogP contribution in [-0.2, 0) is 0 Å². The van der Waals surface area contributed by atoms with E-state index in [9.17, 15) is 0 Å². The molecule has 1 saturated heterocycles. The fourth-order valence-electron chi connectivity index (χ4n) is 1.76. The highest BCUT2D eigenvalue weighted by Crippen LogP contribution is 2.10. The molecule has 1 aliphatic rings. The summed E-state index contributed by atoms with van der Waals surface area (Å²) in [6, 6.07) is 0.742. The molecule has 0 aromatic rings. The van der Waals surface area contributed by atoms with Gasteiger partial charge in [-0.25, -0.2) is 0 Å². The topological polar surface area (TPSA) is 15.3 Å². The van der Waals surface area contributed by atoms with Gasteiger partial charge in [0.25, 0.3) is 0 Å². The summed E-state index contributed by atoms with van der Waals surface area (Å²) in [5.74, 6) is 0. The third-order valence-electron chi connectivity index (χ3n) is 2.49. The van der Waals surface area contributed by atoms with Gasteiger partial charge in [0.2, 0.25) is 0 Å². The van der Waals surface area contributed by atoms with Gasteiger partial charge in [0.1, 0.15) is 0 Å². The first-order chi connectivity index (χ1) is 5.72. The van der Waals surface area contributed by atoms with Crippen LogP contribution in [0.1, 0.15) is 19.8 Å². The van der Waals surface area contributed by atoms with Gasteiger partial charge in [-0.3, -0.25) is 4.90 Å². The summed E-state index contributed by atoms with van der Waals surface area (Å²) in [4.78, 5) is 2.48. The van der Waals surface area contributed by atoms with Crippen LogP contribution < -0.4 is 5.32 Å². The summed E-state index contributed by atoms with van der Waals surface area (Å²) in [5, 5.41) is 3.33. The monoisotopic (exact) mass is 168 g/mol. The SMILES string of the molecule is C=C(C)CN1CCC(NC)CC1. The van der Waals surface area contributed by atoms with Crippen LogP contribution in [0.4, 0.5) is 0 Å². The molecular formula is C10H20N2. The van der Waals surface area contributed by atoms with Gasteiger partial charge in [-0.05, 0) is 39.9 Å². The van der Waals surface area contributed by atoms with Crippen molar-refractivity contribution in [3.63, 3.8) is 0 Å². The first kappa shape index (κ1) is 9.75. The molecule has 0 spiro atoms. The molecule has 12 heavy (non-hydrogen) atoms. The first-order valence-electron chi connectivity index (χ1n) is 4.76. The molecule has 1 fully saturated rings. The third-order valence-corrected chi connectivity index (χ3v) is 2.49. The molecule has 0 amide bonds. The van der Waals surface area contributed by atoms with Gasteiger partial charge in [0.15, 0.2) is 0 Å². The van der Waals surface area contributed by atoms with E-state index in [1.54, 1.807) is 0 Å². The zero-order chi connectivity index (χ0) is 8.97. The Kier molecular flexibility index (Phi) is 3.76. The maximum atomic E-state index is 3.93. The van der Waals surface area contributed by atoms with Crippen LogP contribution in [0.3, 0.4) is 0 Å². The molecule has 0 aromatic carbocycles. The van der Waals surface area contributed by atoms with Crippen LogP contribution in [0, 0.1) is 0 Å². The maximum absolute atomic E-state index is 3.93. The van der Waals surface area contributed by atoms with Gasteiger partial charge in [-0.15, -0.1) is 0 Å². The van der Waals surface area contributed by atoms with Crippen LogP contribution >= 0.6 is 0 Å². The number of nitrogens with one attached hydrogen (secondary N) is 1. The molecule has 0 bridgehead atoms. The average molecular weight is 168 g/mol. The first-order valence-corrected chi connectivity index (χ1v) is 4.76. The highest BCUT2D eigenvalue weighted by Gasteiger charge is 2.16. The van der Waals surface area contributed by atoms with Gasteiger partial charge in [0, 0.05) is 12.6 Å². The molecule has 1 aliphatic heterocycles. The van der Waals surface area contributed by atoms with E-state index < -0.39 is 0 Å². The predicted molar refractivity (Wildman–Crippen MR) is 53.3 cm³/mol. The van der Waals surface area contributed by atoms with Crippen molar-refractivity contribution in [2.24, 2.45) is 0 Å². The molecule has 0 aliphatic carbocycles. The molecule has 1 rings (SSSR count). The van der Waals surface area contributed by atoms with Gasteiger partial charge in [-0.1, -0.05) is 12.2 Å². The van der Waals surface area contributed by atoms with Gasteiger partial charge < -0.3 is 5.32 Å². The lowest BCUT2D eigenvalue weighted by Gasteiger charge is -2.31. The van der Waals surface area contributed by atoms with E-state index in [-0.39, 0.29) is 0 Å². The number of rotatable bonds is 3. The Hall–Kier alpha value is -0.340. The lowest BCUT2D eigenvalue weighted by Crippen LogP contribution is -2.41. The summed E-state index contributed by atoms with van der Waals surface area (Å²) in [6.07, 6.45) is 2.56. The summed E-state index contributed by atoms with van der Waals surface area (Å²) in [5.41, 5.74) is 1.28. The Bertz CT molecular complexity index is 146. The summed E-state index contributed by atoms with van der Waals surface area (Å²) >= 11 is 0. The molecule has 0 aromatic heterocycles. The van der Waals surface area contributed by atoms with Crippen LogP contribution in [0.5, 0.6) is 0 Å². The van der Waals surface area contributed by atoms with Crippen molar-refractivity contribution in [1.29, 1.82) is 0 Å². The molecular weight excluding hydrogens is 148 g/mol. The van der Waals surface area contributed by atoms with E-state index in [1.165, 1.54) is 31.5 Å². The predicted octanol–water partition coefficient (Wildman–Crippen LogP) is 1.25. The molecule has 0 saturated carbocycles. The van der Waals surface area contributed by atoms with Crippen molar-refractivity contribution in [2.45, 2.75) is 25.8 Å². The number of nitrogens with zero attached hydrogens (tertiary/aromatic N) is 1. The standard InChI is InChI=1S/C10H20N2/c1-9(2)8-12-6-4-10(11-3)5-7-12/h10-11H,1,4-8H2,2-3H3. The Balaban J connectivity index is 2.21. The smallest absolute Gasteiger partial charge is 0.0187 e. The van der Waals surface area contributed by atoms with Crippen molar-refractivity contribution in [3.8, 4) is 0 Å². The normalized spacial score (nSPS) is 21.2. The van der Waals surface area contributed by atoms with Crippen LogP contribution in [-0.4, -0.2) is 37.6 Å². The summed E-state index contributed by atoms with van der Waals surface area (Å²) < 4.78 is 0. The molecule has 2 nitrogen and oxygen atoms in total. The van der Waals surface area contributed by atoms with Crippen molar-refractivity contribution < 1.29 is 0 Å². The fourth-order valence-corrected chi connectivity index (χ4v) is 1.76. The average Bonchev–Trinajstić information content (AvgIpc) is 2.05. The van der Waals surface area contributed by atoms with Crippen LogP contribution in [0.15, 0.2) is 12.2 Å². The highest BCUT2D eigenvalue weighted by molar-refractivity contribution is 4.93. The zero-order valence-corrected chi connectivity index (χ0v) is 8.27. The fraction of sp³-hybridized carbons (Fsp3) is 0.800. The van der Waals surface area contributed by atoms with E-state index in [4.69, 9.17) is 0 Å². The third kappa shape index (κ3) is 2.95. The minimum atomic E-state index is 0.742. The van der Waals surface area contributed by atoms with Crippen LogP contribution in [0.2, 0.25) is 0 Å². The molecule has 2 heteroatoms. The van der Waals surface area contributed by atoms with E-state index in [1.807, 2.05) is 0 Å². The minimum absolute atomic E-state index is 0.742. The summed E-state index contributed by atoms with van der Waals surface area (Å²) in [6.45, 7) is 9.55. The van der Waals surface area contributed by atoms with Crippen molar-refractivity contribution >= 4 is 0 Å². The molecule has 70 valence electrons. The number of likely N-dealkylation sites (tertiary alicyclic amines) is 1. The second kappa shape index (κ2) is 4.63. The second-order valence-electron chi connectivity index (χ2n) is 3.80. The number of piperidine rings is 1. The van der Waals surface area contributed by atoms with E-state index >= 15 is 0 Å². The number of hydrogen-bond donors (Lipinski definition) is 1. The maximum Gasteiger partial charge on any atom is 0.0187 e. The van der Waals surface area contributed by atoms with E-state index in [2.05, 4.69) is 30.8 Å². The quantitative estimate of drug-likeness (QED) is 0.638. The lowest BCUT2D eigenvalue weighted by molar-refractivity contribution is 0.216. The van der Waals surface area contributed by atoms with Gasteiger partial charge in [0.05, 0.1) is 0 Å². The Labute approximate surface area is 75.6 Å². The summed E-state index contributed by atoms with van der Waals surface area (Å²) in [7, 11) is 2.05. The minimum Gasteiger partial charge on any atom is -0.317 e. The zero-order valence-electron chi connectivity index (χ0n) is 8.27. The largest absolute Gasteiger partial charge is 0.317 e. The molecule has 1 N–H and O–H groups in total. The van der Waals surface area contributed by atoms with Crippen molar-refractivity contribution in [1.82, 2.24) is 10.2 Å². The van der Waals surface area contributed by atoms with Gasteiger partial charge >= 0.3 is 0 Å². The van der Waals surface area contributed by atoms with E-state index in [0.717, 1.165) is 12.6 Å². The number of hydrogen-bond acceptors (Lipinski definition) is 2. The van der Waals surface area contributed by atoms with Crippen molar-refractivity contribution in [3.05, 3.63) is 12.2 Å². The molecule has 1 heterocycles. The Morgan fingerprint density at radius 1 is 1.50 bits per heavy atom. The van der Waals surface area contributed by atoms with Crippen LogP contribution in [0.25, 0.3) is 0 Å². The molecule has 0 unspecified atom stereocenters. The van der Waals surface area contributed by atoms with E-state index in [0.29, 0.717) is 0 Å².